The number of H-pyrrole nitrogens is 1. The number of hydrogen-bond donors (Lipinski definition) is 3. The normalized spacial score (nSPS) is 18.0. The van der Waals surface area contributed by atoms with Crippen molar-refractivity contribution in [2.45, 2.75) is 19.0 Å². The third kappa shape index (κ3) is 2.53. The molecule has 0 fully saturated rings. The number of imidazole rings is 1. The zero-order valence-electron chi connectivity index (χ0n) is 10.5. The van der Waals surface area contributed by atoms with Crippen LogP contribution in [-0.2, 0) is 17.8 Å². The van der Waals surface area contributed by atoms with Crippen molar-refractivity contribution >= 4 is 12.0 Å². The highest BCUT2D eigenvalue weighted by atomic mass is 16.4. The molecule has 2 rings (SSSR count). The number of nitrogens with one attached hydrogen (secondary N) is 1. The van der Waals surface area contributed by atoms with E-state index in [2.05, 4.69) is 9.97 Å². The van der Waals surface area contributed by atoms with Crippen LogP contribution in [-0.4, -0.2) is 68.2 Å². The lowest BCUT2D eigenvalue weighted by molar-refractivity contribution is -0.142. The third-order valence-corrected chi connectivity index (χ3v) is 3.19. The van der Waals surface area contributed by atoms with Gasteiger partial charge in [0.2, 0.25) is 0 Å². The number of aliphatic carboxylic acids is 1. The first-order valence-corrected chi connectivity index (χ1v) is 5.91. The summed E-state index contributed by atoms with van der Waals surface area (Å²) < 4.78 is 0. The number of nitrogens with zero attached hydrogens (tertiary/aromatic N) is 3. The zero-order chi connectivity index (χ0) is 14.0. The monoisotopic (exact) mass is 268 g/mol. The molecule has 19 heavy (non-hydrogen) atoms. The number of carbonyl (C=O) groups is 2. The first kappa shape index (κ1) is 13.3. The number of aromatic nitrogens is 2. The summed E-state index contributed by atoms with van der Waals surface area (Å²) >= 11 is 0. The first-order chi connectivity index (χ1) is 9.04. The minimum atomic E-state index is -1.06. The molecule has 1 aliphatic heterocycles. The Morgan fingerprint density at radius 3 is 3.00 bits per heavy atom. The van der Waals surface area contributed by atoms with Gasteiger partial charge in [-0.1, -0.05) is 0 Å². The fraction of sp³-hybridized carbons (Fsp3) is 0.545. The van der Waals surface area contributed by atoms with E-state index in [1.165, 1.54) is 23.2 Å². The number of aliphatic hydroxyl groups is 1. The molecule has 8 nitrogen and oxygen atoms in total. The van der Waals surface area contributed by atoms with E-state index >= 15 is 0 Å². The minimum Gasteiger partial charge on any atom is -0.480 e. The number of likely N-dealkylation sites (N-methyl/N-ethyl adjacent to an activating group) is 1. The fourth-order valence-corrected chi connectivity index (χ4v) is 2.12. The Labute approximate surface area is 109 Å². The van der Waals surface area contributed by atoms with Gasteiger partial charge in [-0.3, -0.25) is 0 Å². The van der Waals surface area contributed by atoms with Gasteiger partial charge < -0.3 is 25.0 Å². The van der Waals surface area contributed by atoms with Crippen LogP contribution in [0.25, 0.3) is 0 Å². The highest BCUT2D eigenvalue weighted by molar-refractivity contribution is 5.83. The minimum absolute atomic E-state index is 0.164. The molecule has 0 aromatic carbocycles. The molecular formula is C11H16N4O4. The van der Waals surface area contributed by atoms with Crippen LogP contribution < -0.4 is 0 Å². The van der Waals surface area contributed by atoms with Crippen LogP contribution in [0.3, 0.4) is 0 Å². The number of carboxylic acid groups (broad SMARTS) is 1. The number of aliphatic hydroxyl groups excluding tert-OH is 1. The Morgan fingerprint density at radius 2 is 2.37 bits per heavy atom. The van der Waals surface area contributed by atoms with E-state index in [1.807, 2.05) is 0 Å². The average molecular weight is 268 g/mol. The number of fused-ring (bicyclic) bond motifs is 1. The molecule has 1 aromatic rings. The van der Waals surface area contributed by atoms with Crippen molar-refractivity contribution in [3.05, 3.63) is 17.7 Å². The van der Waals surface area contributed by atoms with Crippen molar-refractivity contribution in [1.29, 1.82) is 0 Å². The average Bonchev–Trinajstić information content (AvgIpc) is 2.83. The Hall–Kier alpha value is -2.09. The molecule has 104 valence electrons. The molecule has 0 saturated heterocycles. The van der Waals surface area contributed by atoms with Gasteiger partial charge in [-0.05, 0) is 0 Å². The van der Waals surface area contributed by atoms with Gasteiger partial charge in [-0.2, -0.15) is 0 Å². The molecule has 0 bridgehead atoms. The zero-order valence-corrected chi connectivity index (χ0v) is 10.5. The van der Waals surface area contributed by atoms with E-state index in [9.17, 15) is 14.7 Å². The van der Waals surface area contributed by atoms with E-state index in [0.29, 0.717) is 5.69 Å². The maximum Gasteiger partial charge on any atom is 0.326 e. The maximum absolute atomic E-state index is 12.2. The summed E-state index contributed by atoms with van der Waals surface area (Å²) in [7, 11) is 1.53. The molecule has 0 aliphatic carbocycles. The number of amides is 2. The van der Waals surface area contributed by atoms with E-state index in [0.717, 1.165) is 5.69 Å². The summed E-state index contributed by atoms with van der Waals surface area (Å²) in [5.41, 5.74) is 1.43. The topological polar surface area (TPSA) is 110 Å². The smallest absolute Gasteiger partial charge is 0.326 e. The van der Waals surface area contributed by atoms with Gasteiger partial charge in [0.25, 0.3) is 0 Å². The molecule has 8 heteroatoms. The van der Waals surface area contributed by atoms with Gasteiger partial charge in [0.1, 0.15) is 6.04 Å². The first-order valence-electron chi connectivity index (χ1n) is 5.91. The van der Waals surface area contributed by atoms with Crippen LogP contribution in [0.4, 0.5) is 4.79 Å². The van der Waals surface area contributed by atoms with Crippen molar-refractivity contribution in [3.8, 4) is 0 Å². The standard InChI is InChI=1S/C11H16N4O4/c1-14(2-3-16)11(19)15-5-8-7(12-6-13-8)4-9(15)10(17)18/h6,9,16H,2-5H2,1H3,(H,12,13)(H,17,18). The molecule has 0 saturated carbocycles. The molecule has 1 aliphatic rings. The summed E-state index contributed by atoms with van der Waals surface area (Å²) in [4.78, 5) is 33.0. The molecule has 2 heterocycles. The quantitative estimate of drug-likeness (QED) is 0.669. The Kier molecular flexibility index (Phi) is 3.70. The summed E-state index contributed by atoms with van der Waals surface area (Å²) in [6, 6.07) is -1.34. The van der Waals surface area contributed by atoms with Crippen LogP contribution in [0, 0.1) is 0 Å². The highest BCUT2D eigenvalue weighted by Crippen LogP contribution is 2.21. The van der Waals surface area contributed by atoms with E-state index in [4.69, 9.17) is 5.11 Å². The van der Waals surface area contributed by atoms with Crippen LogP contribution >= 0.6 is 0 Å². The fourth-order valence-electron chi connectivity index (χ4n) is 2.12. The van der Waals surface area contributed by atoms with Crippen LogP contribution in [0.2, 0.25) is 0 Å². The number of aromatic amines is 1. The highest BCUT2D eigenvalue weighted by Gasteiger charge is 2.37. The number of rotatable bonds is 3. The summed E-state index contributed by atoms with van der Waals surface area (Å²) in [5, 5.41) is 18.1. The number of carboxylic acids is 1. The lowest BCUT2D eigenvalue weighted by Crippen LogP contribution is -2.53. The van der Waals surface area contributed by atoms with Crippen molar-refractivity contribution in [2.75, 3.05) is 20.2 Å². The van der Waals surface area contributed by atoms with Crippen molar-refractivity contribution < 1.29 is 19.8 Å². The third-order valence-electron chi connectivity index (χ3n) is 3.19. The molecule has 3 N–H and O–H groups in total. The van der Waals surface area contributed by atoms with Crippen molar-refractivity contribution in [3.63, 3.8) is 0 Å². The van der Waals surface area contributed by atoms with Gasteiger partial charge >= 0.3 is 12.0 Å². The Bertz CT molecular complexity index is 487. The predicted octanol–water partition coefficient (Wildman–Crippen LogP) is -0.735. The largest absolute Gasteiger partial charge is 0.480 e. The van der Waals surface area contributed by atoms with Crippen molar-refractivity contribution in [1.82, 2.24) is 19.8 Å². The van der Waals surface area contributed by atoms with E-state index < -0.39 is 18.0 Å². The van der Waals surface area contributed by atoms with Crippen molar-refractivity contribution in [2.24, 2.45) is 0 Å². The van der Waals surface area contributed by atoms with Crippen LogP contribution in [0.1, 0.15) is 11.4 Å². The SMILES string of the molecule is CN(CCO)C(=O)N1Cc2[nH]cnc2CC1C(=O)O. The molecule has 0 radical (unpaired) electrons. The van der Waals surface area contributed by atoms with Crippen LogP contribution in [0.15, 0.2) is 6.33 Å². The molecule has 1 unspecified atom stereocenters. The molecule has 1 atom stereocenters. The summed E-state index contributed by atoms with van der Waals surface area (Å²) in [6.07, 6.45) is 1.68. The van der Waals surface area contributed by atoms with Crippen LogP contribution in [0.5, 0.6) is 0 Å². The number of hydrogen-bond acceptors (Lipinski definition) is 4. The second kappa shape index (κ2) is 5.27. The van der Waals surface area contributed by atoms with E-state index in [-0.39, 0.29) is 26.1 Å². The van der Waals surface area contributed by atoms with E-state index in [1.54, 1.807) is 0 Å². The second-order valence-electron chi connectivity index (χ2n) is 4.44. The number of carbonyl (C=O) groups excluding carboxylic acids is 1. The maximum atomic E-state index is 12.2. The predicted molar refractivity (Wildman–Crippen MR) is 64.4 cm³/mol. The lowest BCUT2D eigenvalue weighted by Gasteiger charge is -2.35. The molecular weight excluding hydrogens is 252 g/mol. The summed E-state index contributed by atoms with van der Waals surface area (Å²) in [5.74, 6) is -1.06. The Morgan fingerprint density at radius 1 is 1.63 bits per heavy atom. The summed E-state index contributed by atoms with van der Waals surface area (Å²) in [6.45, 7) is 0.182. The van der Waals surface area contributed by atoms with Gasteiger partial charge in [0.15, 0.2) is 0 Å². The van der Waals surface area contributed by atoms with Gasteiger partial charge in [0, 0.05) is 20.0 Å². The Balaban J connectivity index is 2.22. The number of urea groups is 1. The molecule has 1 aromatic heterocycles. The molecule has 0 spiro atoms. The molecule has 2 amide bonds. The van der Waals surface area contributed by atoms with Gasteiger partial charge in [0.05, 0.1) is 30.9 Å². The second-order valence-corrected chi connectivity index (χ2v) is 4.44. The lowest BCUT2D eigenvalue weighted by atomic mass is 10.0. The van der Waals surface area contributed by atoms with Gasteiger partial charge in [-0.15, -0.1) is 0 Å². The van der Waals surface area contributed by atoms with Gasteiger partial charge in [-0.25, -0.2) is 14.6 Å².